The molecule has 0 bridgehead atoms. The summed E-state index contributed by atoms with van der Waals surface area (Å²) in [4.78, 5) is 18.4. The summed E-state index contributed by atoms with van der Waals surface area (Å²) in [6.07, 6.45) is 0.775. The third-order valence-electron chi connectivity index (χ3n) is 4.70. The van der Waals surface area contributed by atoms with E-state index >= 15 is 0 Å². The van der Waals surface area contributed by atoms with Crippen molar-refractivity contribution in [2.75, 3.05) is 11.9 Å². The van der Waals surface area contributed by atoms with Gasteiger partial charge in [0.25, 0.3) is 5.91 Å². The Hall–Kier alpha value is -2.75. The Bertz CT molecular complexity index is 912. The molecule has 0 fully saturated rings. The summed E-state index contributed by atoms with van der Waals surface area (Å²) in [5.41, 5.74) is 5.02. The molecule has 2 N–H and O–H groups in total. The van der Waals surface area contributed by atoms with E-state index in [1.807, 2.05) is 41.3 Å². The molecule has 0 radical (unpaired) electrons. The monoisotopic (exact) mass is 319 g/mol. The van der Waals surface area contributed by atoms with Gasteiger partial charge in [0.15, 0.2) is 0 Å². The van der Waals surface area contributed by atoms with Crippen LogP contribution in [0.2, 0.25) is 0 Å². The van der Waals surface area contributed by atoms with Gasteiger partial charge in [-0.1, -0.05) is 37.3 Å². The molecule has 24 heavy (non-hydrogen) atoms. The van der Waals surface area contributed by atoms with Gasteiger partial charge in [0, 0.05) is 34.4 Å². The Kier molecular flexibility index (Phi) is 3.53. The fourth-order valence-electron chi connectivity index (χ4n) is 3.64. The maximum Gasteiger partial charge on any atom is 0.257 e. The number of nitrogens with zero attached hydrogens (tertiary/aromatic N) is 1. The van der Waals surface area contributed by atoms with Crippen molar-refractivity contribution in [2.24, 2.45) is 0 Å². The highest BCUT2D eigenvalue weighted by molar-refractivity contribution is 6.02. The van der Waals surface area contributed by atoms with Gasteiger partial charge in [-0.25, -0.2) is 0 Å². The zero-order chi connectivity index (χ0) is 16.7. The average Bonchev–Trinajstić information content (AvgIpc) is 2.93. The van der Waals surface area contributed by atoms with Gasteiger partial charge in [0.1, 0.15) is 6.17 Å². The van der Waals surface area contributed by atoms with E-state index in [9.17, 15) is 4.79 Å². The smallest absolute Gasteiger partial charge is 0.257 e. The zero-order valence-corrected chi connectivity index (χ0v) is 14.0. The van der Waals surface area contributed by atoms with Crippen LogP contribution in [0.3, 0.4) is 0 Å². The molecule has 0 saturated heterocycles. The van der Waals surface area contributed by atoms with Crippen molar-refractivity contribution >= 4 is 22.5 Å². The highest BCUT2D eigenvalue weighted by Crippen LogP contribution is 2.37. The normalized spacial score (nSPS) is 17.0. The standard InChI is InChI=1S/C20H21N3O/c1-3-12-23-19(22-17-11-7-5-9-15(17)20(23)24)18-13(2)21-16-10-6-4-8-14(16)18/h4-11,19,21-22H,3,12H2,1-2H3/t19-/m0/s1. The molecule has 1 atom stereocenters. The molecule has 2 heterocycles. The third kappa shape index (κ3) is 2.18. The van der Waals surface area contributed by atoms with Gasteiger partial charge in [0.2, 0.25) is 0 Å². The molecule has 0 saturated carbocycles. The lowest BCUT2D eigenvalue weighted by Gasteiger charge is -2.38. The number of para-hydroxylation sites is 2. The van der Waals surface area contributed by atoms with Crippen LogP contribution in [0.25, 0.3) is 10.9 Å². The number of benzene rings is 2. The largest absolute Gasteiger partial charge is 0.361 e. The van der Waals surface area contributed by atoms with Crippen molar-refractivity contribution in [3.8, 4) is 0 Å². The number of aromatic nitrogens is 1. The maximum absolute atomic E-state index is 13.0. The zero-order valence-electron chi connectivity index (χ0n) is 14.0. The third-order valence-corrected chi connectivity index (χ3v) is 4.70. The van der Waals surface area contributed by atoms with Crippen LogP contribution in [-0.2, 0) is 0 Å². The number of fused-ring (bicyclic) bond motifs is 2. The molecule has 4 rings (SSSR count). The fourth-order valence-corrected chi connectivity index (χ4v) is 3.64. The SMILES string of the molecule is CCCN1C(=O)c2ccccc2N[C@@H]1c1c(C)[nH]c2ccccc12. The summed E-state index contributed by atoms with van der Waals surface area (Å²) in [7, 11) is 0. The lowest BCUT2D eigenvalue weighted by Crippen LogP contribution is -2.43. The van der Waals surface area contributed by atoms with Crippen LogP contribution in [0.15, 0.2) is 48.5 Å². The first kappa shape index (κ1) is 14.8. The van der Waals surface area contributed by atoms with Crippen LogP contribution >= 0.6 is 0 Å². The minimum absolute atomic E-state index is 0.0980. The van der Waals surface area contributed by atoms with E-state index in [-0.39, 0.29) is 12.1 Å². The summed E-state index contributed by atoms with van der Waals surface area (Å²) >= 11 is 0. The van der Waals surface area contributed by atoms with Gasteiger partial charge >= 0.3 is 0 Å². The van der Waals surface area contributed by atoms with Gasteiger partial charge < -0.3 is 15.2 Å². The molecular weight excluding hydrogens is 298 g/mol. The summed E-state index contributed by atoms with van der Waals surface area (Å²) in [6, 6.07) is 16.0. The summed E-state index contributed by atoms with van der Waals surface area (Å²) in [5.74, 6) is 0.0980. The molecule has 4 nitrogen and oxygen atoms in total. The van der Waals surface area contributed by atoms with Crippen LogP contribution in [0, 0.1) is 6.92 Å². The predicted octanol–water partition coefficient (Wildman–Crippen LogP) is 4.45. The highest BCUT2D eigenvalue weighted by Gasteiger charge is 2.34. The van der Waals surface area contributed by atoms with E-state index in [4.69, 9.17) is 0 Å². The van der Waals surface area contributed by atoms with Gasteiger partial charge in [-0.3, -0.25) is 4.79 Å². The van der Waals surface area contributed by atoms with E-state index in [0.29, 0.717) is 0 Å². The molecular formula is C20H21N3O. The van der Waals surface area contributed by atoms with Crippen LogP contribution in [-0.4, -0.2) is 22.3 Å². The van der Waals surface area contributed by atoms with E-state index < -0.39 is 0 Å². The summed E-state index contributed by atoms with van der Waals surface area (Å²) in [5, 5.41) is 4.75. The molecule has 0 spiro atoms. The first-order valence-electron chi connectivity index (χ1n) is 8.44. The molecule has 1 aliphatic rings. The van der Waals surface area contributed by atoms with E-state index in [1.165, 1.54) is 5.39 Å². The second-order valence-electron chi connectivity index (χ2n) is 6.30. The first-order chi connectivity index (χ1) is 11.7. The van der Waals surface area contributed by atoms with Gasteiger partial charge in [-0.05, 0) is 31.5 Å². The molecule has 3 aromatic rings. The van der Waals surface area contributed by atoms with Gasteiger partial charge in [0.05, 0.1) is 5.56 Å². The Morgan fingerprint density at radius 3 is 2.67 bits per heavy atom. The Labute approximate surface area is 141 Å². The molecule has 0 unspecified atom stereocenters. The number of aromatic amines is 1. The minimum Gasteiger partial charge on any atom is -0.361 e. The van der Waals surface area contributed by atoms with E-state index in [0.717, 1.165) is 41.0 Å². The number of hydrogen-bond donors (Lipinski definition) is 2. The number of nitrogens with one attached hydrogen (secondary N) is 2. The molecule has 1 amide bonds. The van der Waals surface area contributed by atoms with Crippen LogP contribution in [0.5, 0.6) is 0 Å². The fraction of sp³-hybridized carbons (Fsp3) is 0.250. The Morgan fingerprint density at radius 2 is 1.83 bits per heavy atom. The second-order valence-corrected chi connectivity index (χ2v) is 6.30. The number of hydrogen-bond acceptors (Lipinski definition) is 2. The number of carbonyl (C=O) groups excluding carboxylic acids is 1. The number of rotatable bonds is 3. The van der Waals surface area contributed by atoms with Crippen LogP contribution < -0.4 is 5.32 Å². The maximum atomic E-state index is 13.0. The Balaban J connectivity index is 1.89. The predicted molar refractivity (Wildman–Crippen MR) is 97.2 cm³/mol. The lowest BCUT2D eigenvalue weighted by molar-refractivity contribution is 0.0684. The molecule has 0 aliphatic carbocycles. The number of aryl methyl sites for hydroxylation is 1. The summed E-state index contributed by atoms with van der Waals surface area (Å²) < 4.78 is 0. The summed E-state index contributed by atoms with van der Waals surface area (Å²) in [6.45, 7) is 4.91. The number of anilines is 1. The van der Waals surface area contributed by atoms with E-state index in [2.05, 4.69) is 36.3 Å². The van der Waals surface area contributed by atoms with E-state index in [1.54, 1.807) is 0 Å². The number of H-pyrrole nitrogens is 1. The van der Waals surface area contributed by atoms with Crippen molar-refractivity contribution in [1.82, 2.24) is 9.88 Å². The van der Waals surface area contributed by atoms with Gasteiger partial charge in [-0.2, -0.15) is 0 Å². The number of carbonyl (C=O) groups is 1. The average molecular weight is 319 g/mol. The van der Waals surface area contributed by atoms with Crippen molar-refractivity contribution in [2.45, 2.75) is 26.4 Å². The number of amides is 1. The van der Waals surface area contributed by atoms with Crippen LogP contribution in [0.1, 0.15) is 41.1 Å². The first-order valence-corrected chi connectivity index (χ1v) is 8.44. The molecule has 1 aromatic heterocycles. The molecule has 4 heteroatoms. The van der Waals surface area contributed by atoms with Gasteiger partial charge in [-0.15, -0.1) is 0 Å². The molecule has 122 valence electrons. The van der Waals surface area contributed by atoms with Crippen molar-refractivity contribution in [3.63, 3.8) is 0 Å². The molecule has 2 aromatic carbocycles. The highest BCUT2D eigenvalue weighted by atomic mass is 16.2. The van der Waals surface area contributed by atoms with Crippen molar-refractivity contribution in [1.29, 1.82) is 0 Å². The second kappa shape index (κ2) is 5.71. The molecule has 1 aliphatic heterocycles. The minimum atomic E-state index is -0.150. The Morgan fingerprint density at radius 1 is 1.08 bits per heavy atom. The quantitative estimate of drug-likeness (QED) is 0.749. The van der Waals surface area contributed by atoms with Crippen molar-refractivity contribution < 1.29 is 4.79 Å². The topological polar surface area (TPSA) is 48.1 Å². The van der Waals surface area contributed by atoms with Crippen LogP contribution in [0.4, 0.5) is 5.69 Å². The lowest BCUT2D eigenvalue weighted by atomic mass is 10.0. The van der Waals surface area contributed by atoms with Crippen molar-refractivity contribution in [3.05, 3.63) is 65.4 Å².